The number of hydrogen-bond donors (Lipinski definition) is 2. The molecule has 1 fully saturated rings. The zero-order valence-corrected chi connectivity index (χ0v) is 12.4. The van der Waals surface area contributed by atoms with E-state index in [-0.39, 0.29) is 30.5 Å². The number of hydrogen-bond acceptors (Lipinski definition) is 5. The van der Waals surface area contributed by atoms with Gasteiger partial charge in [0.1, 0.15) is 5.69 Å². The van der Waals surface area contributed by atoms with Crippen LogP contribution >= 0.6 is 0 Å². The molecule has 0 aliphatic carbocycles. The van der Waals surface area contributed by atoms with E-state index >= 15 is 0 Å². The number of nitro benzene ring substituents is 1. The molecular formula is C15H21N3O4. The summed E-state index contributed by atoms with van der Waals surface area (Å²) < 4.78 is 0. The average Bonchev–Trinajstić information content (AvgIpc) is 2.55. The Hall–Kier alpha value is -2.15. The number of aliphatic hydroxyl groups excluding tert-OH is 1. The van der Waals surface area contributed by atoms with E-state index in [9.17, 15) is 20.0 Å². The maximum absolute atomic E-state index is 12.1. The molecule has 7 heteroatoms. The highest BCUT2D eigenvalue weighted by atomic mass is 16.6. The molecule has 1 aliphatic rings. The molecule has 2 rings (SSSR count). The van der Waals surface area contributed by atoms with Crippen molar-refractivity contribution < 1.29 is 14.8 Å². The molecule has 0 radical (unpaired) electrons. The fourth-order valence-corrected chi connectivity index (χ4v) is 2.69. The number of amides is 1. The molecule has 1 amide bonds. The van der Waals surface area contributed by atoms with Crippen LogP contribution in [0.15, 0.2) is 24.3 Å². The summed E-state index contributed by atoms with van der Waals surface area (Å²) in [5.74, 6) is 0.185. The topological polar surface area (TPSA) is 95.7 Å². The molecule has 1 aliphatic heterocycles. The molecule has 1 unspecified atom stereocenters. The Morgan fingerprint density at radius 3 is 2.95 bits per heavy atom. The number of nitrogens with one attached hydrogen (secondary N) is 1. The molecule has 1 saturated heterocycles. The molecule has 22 heavy (non-hydrogen) atoms. The molecule has 2 N–H and O–H groups in total. The van der Waals surface area contributed by atoms with E-state index in [4.69, 9.17) is 0 Å². The number of aliphatic hydroxyl groups is 1. The summed E-state index contributed by atoms with van der Waals surface area (Å²) in [6, 6.07) is 6.39. The van der Waals surface area contributed by atoms with Crippen molar-refractivity contribution in [3.05, 3.63) is 34.4 Å². The summed E-state index contributed by atoms with van der Waals surface area (Å²) in [7, 11) is 0. The van der Waals surface area contributed by atoms with Crippen LogP contribution in [0.2, 0.25) is 0 Å². The average molecular weight is 307 g/mol. The number of nitrogens with zero attached hydrogens (tertiary/aromatic N) is 2. The van der Waals surface area contributed by atoms with Gasteiger partial charge in [-0.3, -0.25) is 14.9 Å². The third-order valence-corrected chi connectivity index (χ3v) is 3.88. The van der Waals surface area contributed by atoms with E-state index in [1.165, 1.54) is 6.07 Å². The van der Waals surface area contributed by atoms with Crippen molar-refractivity contribution >= 4 is 17.3 Å². The zero-order valence-electron chi connectivity index (χ0n) is 12.4. The fraction of sp³-hybridized carbons (Fsp3) is 0.533. The van der Waals surface area contributed by atoms with Gasteiger partial charge in [0.2, 0.25) is 5.91 Å². The molecule has 120 valence electrons. The Labute approximate surface area is 129 Å². The van der Waals surface area contributed by atoms with Gasteiger partial charge >= 0.3 is 0 Å². The van der Waals surface area contributed by atoms with Crippen LogP contribution in [-0.2, 0) is 4.79 Å². The number of anilines is 1. The van der Waals surface area contributed by atoms with Crippen molar-refractivity contribution in [3.8, 4) is 0 Å². The molecule has 0 bridgehead atoms. The third-order valence-electron chi connectivity index (χ3n) is 3.88. The summed E-state index contributed by atoms with van der Waals surface area (Å²) in [5, 5.41) is 23.0. The molecule has 1 aromatic carbocycles. The minimum absolute atomic E-state index is 0.00765. The number of benzene rings is 1. The minimum Gasteiger partial charge on any atom is -0.396 e. The standard InChI is InChI=1S/C15H21N3O4/c19-11-12-4-3-9-17(10-12)15(20)7-8-16-13-5-1-2-6-14(13)18(21)22/h1-2,5-6,12,16,19H,3-4,7-11H2. The van der Waals surface area contributed by atoms with Crippen molar-refractivity contribution in [2.24, 2.45) is 5.92 Å². The maximum atomic E-state index is 12.1. The van der Waals surface area contributed by atoms with Gasteiger partial charge in [0.25, 0.3) is 5.69 Å². The van der Waals surface area contributed by atoms with Gasteiger partial charge in [-0.05, 0) is 24.8 Å². The first kappa shape index (κ1) is 16.2. The Bertz CT molecular complexity index is 535. The number of para-hydroxylation sites is 2. The minimum atomic E-state index is -0.444. The number of carbonyl (C=O) groups is 1. The molecular weight excluding hydrogens is 286 g/mol. The summed E-state index contributed by atoms with van der Waals surface area (Å²) in [6.07, 6.45) is 2.15. The van der Waals surface area contributed by atoms with Crippen molar-refractivity contribution in [2.45, 2.75) is 19.3 Å². The van der Waals surface area contributed by atoms with Gasteiger partial charge in [0.05, 0.1) is 4.92 Å². The highest BCUT2D eigenvalue weighted by Crippen LogP contribution is 2.23. The van der Waals surface area contributed by atoms with Crippen LogP contribution in [0.25, 0.3) is 0 Å². The van der Waals surface area contributed by atoms with E-state index in [0.29, 0.717) is 18.8 Å². The second-order valence-corrected chi connectivity index (χ2v) is 5.48. The zero-order chi connectivity index (χ0) is 15.9. The first-order valence-electron chi connectivity index (χ1n) is 7.47. The smallest absolute Gasteiger partial charge is 0.292 e. The van der Waals surface area contributed by atoms with E-state index in [1.807, 2.05) is 0 Å². The first-order chi connectivity index (χ1) is 10.6. The van der Waals surface area contributed by atoms with E-state index in [1.54, 1.807) is 23.1 Å². The summed E-state index contributed by atoms with van der Waals surface area (Å²) in [5.41, 5.74) is 0.431. The van der Waals surface area contributed by atoms with Gasteiger partial charge in [-0.1, -0.05) is 12.1 Å². The maximum Gasteiger partial charge on any atom is 0.292 e. The number of nitro groups is 1. The number of carbonyl (C=O) groups excluding carboxylic acids is 1. The van der Waals surface area contributed by atoms with Crippen molar-refractivity contribution in [2.75, 3.05) is 31.6 Å². The lowest BCUT2D eigenvalue weighted by Gasteiger charge is -2.32. The normalized spacial score (nSPS) is 18.0. The van der Waals surface area contributed by atoms with Gasteiger partial charge in [0, 0.05) is 38.7 Å². The predicted molar refractivity (Wildman–Crippen MR) is 82.6 cm³/mol. The molecule has 1 aromatic rings. The van der Waals surface area contributed by atoms with Crippen LogP contribution in [0.3, 0.4) is 0 Å². The van der Waals surface area contributed by atoms with E-state index in [2.05, 4.69) is 5.32 Å². The van der Waals surface area contributed by atoms with E-state index < -0.39 is 4.92 Å². The Balaban J connectivity index is 1.83. The Morgan fingerprint density at radius 2 is 2.23 bits per heavy atom. The summed E-state index contributed by atoms with van der Waals surface area (Å²) in [6.45, 7) is 1.78. The lowest BCUT2D eigenvalue weighted by Crippen LogP contribution is -2.41. The monoisotopic (exact) mass is 307 g/mol. The lowest BCUT2D eigenvalue weighted by molar-refractivity contribution is -0.384. The Kier molecular flexibility index (Phi) is 5.71. The Morgan fingerprint density at radius 1 is 1.45 bits per heavy atom. The van der Waals surface area contributed by atoms with Crippen LogP contribution in [0, 0.1) is 16.0 Å². The third kappa shape index (κ3) is 4.17. The highest BCUT2D eigenvalue weighted by molar-refractivity contribution is 5.77. The summed E-state index contributed by atoms with van der Waals surface area (Å²) in [4.78, 5) is 24.4. The molecule has 1 heterocycles. The number of likely N-dealkylation sites (tertiary alicyclic amines) is 1. The van der Waals surface area contributed by atoms with Crippen LogP contribution in [0.4, 0.5) is 11.4 Å². The van der Waals surface area contributed by atoms with Gasteiger partial charge in [-0.15, -0.1) is 0 Å². The van der Waals surface area contributed by atoms with Crippen molar-refractivity contribution in [3.63, 3.8) is 0 Å². The predicted octanol–water partition coefficient (Wildman–Crippen LogP) is 1.63. The first-order valence-corrected chi connectivity index (χ1v) is 7.47. The molecule has 0 spiro atoms. The van der Waals surface area contributed by atoms with Gasteiger partial charge in [0.15, 0.2) is 0 Å². The SMILES string of the molecule is O=C(CCNc1ccccc1[N+](=O)[O-])N1CCCC(CO)C1. The molecule has 0 saturated carbocycles. The number of rotatable bonds is 6. The van der Waals surface area contributed by atoms with Crippen LogP contribution in [0.1, 0.15) is 19.3 Å². The van der Waals surface area contributed by atoms with Gasteiger partial charge < -0.3 is 15.3 Å². The quantitative estimate of drug-likeness (QED) is 0.615. The van der Waals surface area contributed by atoms with Crippen molar-refractivity contribution in [1.82, 2.24) is 4.90 Å². The summed E-state index contributed by atoms with van der Waals surface area (Å²) >= 11 is 0. The van der Waals surface area contributed by atoms with Crippen LogP contribution in [-0.4, -0.2) is 47.1 Å². The second-order valence-electron chi connectivity index (χ2n) is 5.48. The number of piperidine rings is 1. The lowest BCUT2D eigenvalue weighted by atomic mass is 9.99. The second kappa shape index (κ2) is 7.74. The molecule has 0 aromatic heterocycles. The largest absolute Gasteiger partial charge is 0.396 e. The van der Waals surface area contributed by atoms with Gasteiger partial charge in [-0.25, -0.2) is 0 Å². The van der Waals surface area contributed by atoms with Gasteiger partial charge in [-0.2, -0.15) is 0 Å². The molecule has 1 atom stereocenters. The van der Waals surface area contributed by atoms with E-state index in [0.717, 1.165) is 19.4 Å². The molecule has 7 nitrogen and oxygen atoms in total. The highest BCUT2D eigenvalue weighted by Gasteiger charge is 2.22. The van der Waals surface area contributed by atoms with Crippen LogP contribution in [0.5, 0.6) is 0 Å². The van der Waals surface area contributed by atoms with Crippen molar-refractivity contribution in [1.29, 1.82) is 0 Å². The van der Waals surface area contributed by atoms with Crippen LogP contribution < -0.4 is 5.32 Å². The fourth-order valence-electron chi connectivity index (χ4n) is 2.69.